The van der Waals surface area contributed by atoms with Crippen LogP contribution in [0.3, 0.4) is 0 Å². The topological polar surface area (TPSA) is 49.8 Å². The number of hydrogen-bond donors (Lipinski definition) is 1. The van der Waals surface area contributed by atoms with E-state index in [1.54, 1.807) is 30.3 Å². The number of carboxylic acid groups (broad SMARTS) is 1. The van der Waals surface area contributed by atoms with Crippen LogP contribution in [0.15, 0.2) is 36.4 Å². The van der Waals surface area contributed by atoms with Gasteiger partial charge in [-0.1, -0.05) is 30.3 Å². The minimum absolute atomic E-state index is 0.125. The van der Waals surface area contributed by atoms with E-state index in [0.29, 0.717) is 10.9 Å². The van der Waals surface area contributed by atoms with Crippen molar-refractivity contribution in [3.63, 3.8) is 0 Å². The van der Waals surface area contributed by atoms with Crippen LogP contribution < -0.4 is 4.74 Å². The van der Waals surface area contributed by atoms with Gasteiger partial charge in [0.05, 0.1) is 11.8 Å². The molecule has 1 fully saturated rings. The molecule has 1 aliphatic heterocycles. The van der Waals surface area contributed by atoms with Crippen molar-refractivity contribution >= 4 is 16.7 Å². The van der Waals surface area contributed by atoms with Gasteiger partial charge in [0.15, 0.2) is 0 Å². The number of likely N-dealkylation sites (tertiary alicyclic amines) is 1. The van der Waals surface area contributed by atoms with Gasteiger partial charge in [0, 0.05) is 25.2 Å². The zero-order valence-corrected chi connectivity index (χ0v) is 13.9. The van der Waals surface area contributed by atoms with Crippen LogP contribution in [0, 0.1) is 11.8 Å². The molecule has 2 atom stereocenters. The van der Waals surface area contributed by atoms with Gasteiger partial charge in [-0.25, -0.2) is 0 Å². The molecule has 146 valence electrons. The lowest BCUT2D eigenvalue weighted by Gasteiger charge is -2.20. The summed E-state index contributed by atoms with van der Waals surface area (Å²) in [5.74, 6) is -5.27. The molecule has 1 aliphatic rings. The van der Waals surface area contributed by atoms with E-state index in [-0.39, 0.29) is 18.8 Å². The van der Waals surface area contributed by atoms with E-state index < -0.39 is 37.1 Å². The van der Waals surface area contributed by atoms with Crippen LogP contribution in [0.4, 0.5) is 22.0 Å². The maximum atomic E-state index is 13.2. The summed E-state index contributed by atoms with van der Waals surface area (Å²) in [6, 6.07) is 9.76. The molecule has 0 aromatic heterocycles. The molecule has 1 saturated heterocycles. The lowest BCUT2D eigenvalue weighted by atomic mass is 9.96. The van der Waals surface area contributed by atoms with Crippen LogP contribution in [-0.2, 0) is 11.3 Å². The Labute approximate surface area is 151 Å². The molecule has 3 rings (SSSR count). The van der Waals surface area contributed by atoms with Gasteiger partial charge in [-0.15, -0.1) is 0 Å². The minimum atomic E-state index is -4.65. The molecule has 1 N–H and O–H groups in total. The largest absolute Gasteiger partial charge is 0.481 e. The monoisotopic (exact) mass is 389 g/mol. The third kappa shape index (κ3) is 4.13. The predicted molar refractivity (Wildman–Crippen MR) is 86.5 cm³/mol. The van der Waals surface area contributed by atoms with Gasteiger partial charge in [0.25, 0.3) is 0 Å². The smallest absolute Gasteiger partial charge is 0.393 e. The number of ether oxygens (including phenoxy) is 1. The number of nitrogens with zero attached hydrogens (tertiary/aromatic N) is 1. The first-order chi connectivity index (χ1) is 12.7. The summed E-state index contributed by atoms with van der Waals surface area (Å²) in [5.41, 5.74) is 0.306. The first-order valence-corrected chi connectivity index (χ1v) is 8.14. The van der Waals surface area contributed by atoms with Gasteiger partial charge in [-0.05, 0) is 16.8 Å². The zero-order chi connectivity index (χ0) is 19.8. The summed E-state index contributed by atoms with van der Waals surface area (Å²) in [6.45, 7) is -4.05. The molecular weight excluding hydrogens is 373 g/mol. The summed E-state index contributed by atoms with van der Waals surface area (Å²) < 4.78 is 69.5. The fourth-order valence-electron chi connectivity index (χ4n) is 3.51. The van der Waals surface area contributed by atoms with E-state index >= 15 is 0 Å². The molecule has 0 spiro atoms. The van der Waals surface area contributed by atoms with Gasteiger partial charge in [0.2, 0.25) is 0 Å². The lowest BCUT2D eigenvalue weighted by molar-refractivity contribution is -0.188. The summed E-state index contributed by atoms with van der Waals surface area (Å²) in [7, 11) is 0. The zero-order valence-electron chi connectivity index (χ0n) is 13.9. The molecule has 0 aliphatic carbocycles. The lowest BCUT2D eigenvalue weighted by Crippen LogP contribution is -2.33. The molecule has 4 nitrogen and oxygen atoms in total. The van der Waals surface area contributed by atoms with Crippen LogP contribution >= 0.6 is 0 Å². The van der Waals surface area contributed by atoms with Crippen LogP contribution in [0.25, 0.3) is 10.8 Å². The van der Waals surface area contributed by atoms with Gasteiger partial charge in [-0.2, -0.15) is 22.0 Å². The summed E-state index contributed by atoms with van der Waals surface area (Å²) in [5, 5.41) is 10.4. The average Bonchev–Trinajstić information content (AvgIpc) is 3.01. The van der Waals surface area contributed by atoms with Crippen LogP contribution in [-0.4, -0.2) is 41.9 Å². The van der Waals surface area contributed by atoms with Crippen molar-refractivity contribution in [3.05, 3.63) is 42.0 Å². The Bertz CT molecular complexity index is 839. The fraction of sp³-hybridized carbons (Fsp3) is 0.389. The SMILES string of the molecule is O=C(O)[C@@H]1CN(Cc2c(OC(F)F)ccc3ccccc23)C[C@H]1C(F)(F)F. The number of aliphatic carboxylic acids is 1. The van der Waals surface area contributed by atoms with Crippen molar-refractivity contribution in [2.45, 2.75) is 19.3 Å². The van der Waals surface area contributed by atoms with Crippen molar-refractivity contribution in [2.75, 3.05) is 13.1 Å². The Morgan fingerprint density at radius 1 is 1.19 bits per heavy atom. The number of halogens is 5. The van der Waals surface area contributed by atoms with Crippen molar-refractivity contribution < 1.29 is 36.6 Å². The molecule has 2 aromatic carbocycles. The van der Waals surface area contributed by atoms with Crippen LogP contribution in [0.1, 0.15) is 5.56 Å². The third-order valence-electron chi connectivity index (χ3n) is 4.73. The number of carboxylic acids is 1. The number of rotatable bonds is 5. The van der Waals surface area contributed by atoms with Gasteiger partial charge >= 0.3 is 18.8 Å². The van der Waals surface area contributed by atoms with Gasteiger partial charge in [-0.3, -0.25) is 9.69 Å². The molecule has 27 heavy (non-hydrogen) atoms. The number of alkyl halides is 5. The molecule has 0 unspecified atom stereocenters. The predicted octanol–water partition coefficient (Wildman–Crippen LogP) is 4.14. The van der Waals surface area contributed by atoms with Crippen molar-refractivity contribution in [1.82, 2.24) is 4.90 Å². The van der Waals surface area contributed by atoms with Crippen LogP contribution in [0.2, 0.25) is 0 Å². The number of fused-ring (bicyclic) bond motifs is 1. The average molecular weight is 389 g/mol. The highest BCUT2D eigenvalue weighted by Gasteiger charge is 2.52. The molecule has 0 bridgehead atoms. The fourth-order valence-corrected chi connectivity index (χ4v) is 3.51. The highest BCUT2D eigenvalue weighted by Crippen LogP contribution is 2.39. The Hall–Kier alpha value is -2.42. The first-order valence-electron chi connectivity index (χ1n) is 8.14. The van der Waals surface area contributed by atoms with Gasteiger partial charge in [0.1, 0.15) is 5.75 Å². The standard InChI is InChI=1S/C18H16F5NO3/c19-17(20)27-15-6-5-10-3-1-2-4-11(10)12(15)7-24-8-13(16(25)26)14(9-24)18(21,22)23/h1-6,13-14,17H,7-9H2,(H,25,26)/t13-,14-/m1/s1. The van der Waals surface area contributed by atoms with E-state index in [2.05, 4.69) is 4.74 Å². The summed E-state index contributed by atoms with van der Waals surface area (Å²) in [6.07, 6.45) is -4.65. The summed E-state index contributed by atoms with van der Waals surface area (Å²) >= 11 is 0. The Kier molecular flexibility index (Phi) is 5.23. The van der Waals surface area contributed by atoms with E-state index in [1.807, 2.05) is 0 Å². The Balaban J connectivity index is 1.95. The highest BCUT2D eigenvalue weighted by atomic mass is 19.4. The molecule has 1 heterocycles. The number of carbonyl (C=O) groups is 1. The quantitative estimate of drug-likeness (QED) is 0.781. The molecule has 0 radical (unpaired) electrons. The Morgan fingerprint density at radius 2 is 1.89 bits per heavy atom. The van der Waals surface area contributed by atoms with E-state index in [1.165, 1.54) is 11.0 Å². The van der Waals surface area contributed by atoms with Gasteiger partial charge < -0.3 is 9.84 Å². The maximum Gasteiger partial charge on any atom is 0.393 e. The number of hydrogen-bond acceptors (Lipinski definition) is 3. The molecular formula is C18H16F5NO3. The minimum Gasteiger partial charge on any atom is -0.481 e. The molecule has 9 heteroatoms. The first kappa shape index (κ1) is 19.3. The maximum absolute atomic E-state index is 13.2. The van der Waals surface area contributed by atoms with Crippen molar-refractivity contribution in [1.29, 1.82) is 0 Å². The van der Waals surface area contributed by atoms with E-state index in [9.17, 15) is 26.7 Å². The van der Waals surface area contributed by atoms with Crippen LogP contribution in [0.5, 0.6) is 5.75 Å². The van der Waals surface area contributed by atoms with Crippen molar-refractivity contribution in [3.8, 4) is 5.75 Å². The third-order valence-corrected chi connectivity index (χ3v) is 4.73. The van der Waals surface area contributed by atoms with Crippen molar-refractivity contribution in [2.24, 2.45) is 11.8 Å². The molecule has 2 aromatic rings. The van der Waals surface area contributed by atoms with E-state index in [0.717, 1.165) is 5.39 Å². The highest BCUT2D eigenvalue weighted by molar-refractivity contribution is 5.87. The second-order valence-electron chi connectivity index (χ2n) is 6.43. The molecule has 0 amide bonds. The number of benzene rings is 2. The molecule has 0 saturated carbocycles. The summed E-state index contributed by atoms with van der Waals surface area (Å²) in [4.78, 5) is 12.5. The Morgan fingerprint density at radius 3 is 2.48 bits per heavy atom. The normalized spacial score (nSPS) is 21.1. The van der Waals surface area contributed by atoms with E-state index in [4.69, 9.17) is 5.11 Å². The second-order valence-corrected chi connectivity index (χ2v) is 6.43. The second kappa shape index (κ2) is 7.30.